The van der Waals surface area contributed by atoms with Crippen LogP contribution in [0, 0.1) is 14.9 Å². The monoisotopic (exact) mass is 760 g/mol. The quantitative estimate of drug-likeness (QED) is 0.183. The van der Waals surface area contributed by atoms with Gasteiger partial charge < -0.3 is 25.5 Å². The molecule has 1 heterocycles. The molecule has 0 aromatic heterocycles. The topological polar surface area (TPSA) is 52.9 Å². The summed E-state index contributed by atoms with van der Waals surface area (Å²) in [6.45, 7) is 0. The molecule has 0 saturated carbocycles. The molecule has 0 unspecified atom stereocenters. The van der Waals surface area contributed by atoms with Gasteiger partial charge >= 0.3 is 75.7 Å². The molecule has 0 bridgehead atoms. The van der Waals surface area contributed by atoms with Crippen molar-refractivity contribution in [3.63, 3.8) is 0 Å². The molecule has 200 valence electrons. The fraction of sp³-hybridized carbons (Fsp3) is 0. The summed E-state index contributed by atoms with van der Waals surface area (Å²) < 4.78 is 0. The summed E-state index contributed by atoms with van der Waals surface area (Å²) in [4.78, 5) is 10.1. The van der Waals surface area contributed by atoms with E-state index >= 15 is 0 Å². The van der Waals surface area contributed by atoms with Crippen LogP contribution in [0.5, 0.6) is 0 Å². The van der Waals surface area contributed by atoms with Crippen molar-refractivity contribution in [2.75, 3.05) is 0 Å². The fourth-order valence-corrected chi connectivity index (χ4v) is 4.00. The van der Waals surface area contributed by atoms with Gasteiger partial charge in [0.05, 0.1) is 22.8 Å². The Morgan fingerprint density at radius 1 is 0.475 bits per heavy atom. The number of hydrogen-bond donors (Lipinski definition) is 0. The van der Waals surface area contributed by atoms with Crippen molar-refractivity contribution < 1.29 is 41.7 Å². The van der Waals surface area contributed by atoms with E-state index in [1.54, 1.807) is 0 Å². The number of hydrogen-bond acceptors (Lipinski definition) is 2. The molecule has 0 amide bonds. The molecule has 0 atom stereocenters. The van der Waals surface area contributed by atoms with Gasteiger partial charge in [-0.25, -0.2) is 15.8 Å². The first-order valence-corrected chi connectivity index (χ1v) is 23.9. The number of para-hydroxylation sites is 4. The summed E-state index contributed by atoms with van der Waals surface area (Å²) in [6.07, 6.45) is 0. The summed E-state index contributed by atoms with van der Waals surface area (Å²) in [5, 5.41) is 9.70. The zero-order valence-electron chi connectivity index (χ0n) is 21.7. The van der Waals surface area contributed by atoms with Gasteiger partial charge in [0.2, 0.25) is 0 Å². The zero-order chi connectivity index (χ0) is 26.7. The van der Waals surface area contributed by atoms with E-state index in [0.717, 1.165) is 50.9 Å². The van der Waals surface area contributed by atoms with Gasteiger partial charge in [-0.2, -0.15) is 11.4 Å². The summed E-state index contributed by atoms with van der Waals surface area (Å²) in [7, 11) is 19.7. The maximum Gasteiger partial charge on any atom is 0.0780 e. The third kappa shape index (κ3) is 8.74. The Hall–Kier alpha value is -1.51. The number of fused-ring (bicyclic) bond motifs is 2. The molecule has 4 nitrogen and oxygen atoms in total. The maximum atomic E-state index is 5.04. The first kappa shape index (κ1) is 34.7. The van der Waals surface area contributed by atoms with Gasteiger partial charge in [-0.1, -0.05) is 84.9 Å². The van der Waals surface area contributed by atoms with Gasteiger partial charge in [0, 0.05) is 11.1 Å². The summed E-state index contributed by atoms with van der Waals surface area (Å²) in [5.41, 5.74) is 8.11. The Labute approximate surface area is 274 Å². The number of benzene rings is 4. The maximum absolute atomic E-state index is 5.04. The Morgan fingerprint density at radius 3 is 1.18 bits per heavy atom. The molecular formula is C30H24Cl4N4Zr2. The van der Waals surface area contributed by atoms with Gasteiger partial charge in [0.15, 0.2) is 0 Å². The van der Waals surface area contributed by atoms with Gasteiger partial charge in [-0.05, 0) is 29.8 Å². The van der Waals surface area contributed by atoms with Crippen molar-refractivity contribution in [2.24, 2.45) is 9.98 Å². The van der Waals surface area contributed by atoms with E-state index in [0.29, 0.717) is 5.82 Å². The standard InChI is InChI=1S/C28H18N4.2CH3.4ClH.2Zr/c1-3-11-19(12-4-1)29-26-21-15-7-8-16-22(21)27(30-20-13-5-2-6-14-20)25(26)28-31-23-17-9-10-18-24(23)32-28;;;;;;;;/h1-18H;2*1H3;4*1H;;/q-2;2*-1;;;;;2*+4/p-4. The van der Waals surface area contributed by atoms with Crippen LogP contribution in [-0.4, -0.2) is 11.4 Å². The molecule has 40 heavy (non-hydrogen) atoms. The van der Waals surface area contributed by atoms with Crippen LogP contribution in [0.25, 0.3) is 10.6 Å². The van der Waals surface area contributed by atoms with Crippen molar-refractivity contribution in [1.29, 1.82) is 0 Å². The predicted molar refractivity (Wildman–Crippen MR) is 167 cm³/mol. The molecule has 0 N–H and O–H groups in total. The van der Waals surface area contributed by atoms with Crippen molar-refractivity contribution in [3.8, 4) is 0 Å². The van der Waals surface area contributed by atoms with Gasteiger partial charge in [0.1, 0.15) is 0 Å². The first-order valence-electron chi connectivity index (χ1n) is 11.3. The van der Waals surface area contributed by atoms with E-state index in [4.69, 9.17) is 54.7 Å². The molecule has 1 aliphatic carbocycles. The van der Waals surface area contributed by atoms with E-state index in [9.17, 15) is 0 Å². The van der Waals surface area contributed by atoms with E-state index < -0.39 is 41.7 Å². The number of rotatable bonds is 2. The second kappa shape index (κ2) is 18.1. The summed E-state index contributed by atoms with van der Waals surface area (Å²) in [6, 6.07) is 36.1. The van der Waals surface area contributed by atoms with E-state index in [-0.39, 0.29) is 14.9 Å². The molecule has 2 aliphatic rings. The molecule has 0 saturated heterocycles. The van der Waals surface area contributed by atoms with Crippen molar-refractivity contribution in [1.82, 2.24) is 0 Å². The van der Waals surface area contributed by atoms with Gasteiger partial charge in [0.25, 0.3) is 0 Å². The van der Waals surface area contributed by atoms with Gasteiger partial charge in [-0.3, -0.25) is 0 Å². The number of aliphatic imine (C=N–C) groups is 2. The van der Waals surface area contributed by atoms with Gasteiger partial charge in [-0.15, -0.1) is 0 Å². The van der Waals surface area contributed by atoms with Crippen molar-refractivity contribution in [2.45, 2.75) is 0 Å². The van der Waals surface area contributed by atoms with Crippen LogP contribution in [0.2, 0.25) is 0 Å². The third-order valence-corrected chi connectivity index (χ3v) is 5.46. The molecule has 0 radical (unpaired) electrons. The predicted octanol–water partition coefficient (Wildman–Crippen LogP) is 11.5. The summed E-state index contributed by atoms with van der Waals surface area (Å²) in [5.74, 6) is 0.645. The van der Waals surface area contributed by atoms with Crippen molar-refractivity contribution >= 4 is 68.2 Å². The van der Waals surface area contributed by atoms with E-state index in [1.165, 1.54) is 0 Å². The second-order valence-corrected chi connectivity index (χ2v) is 15.2. The zero-order valence-corrected chi connectivity index (χ0v) is 29.6. The average molecular weight is 765 g/mol. The minimum Gasteiger partial charge on any atom is -0.677 e. The number of allylic oxidation sites excluding steroid dienone is 1. The molecule has 1 aliphatic heterocycles. The molecule has 10 heteroatoms. The van der Waals surface area contributed by atoms with E-state index in [1.807, 2.05) is 97.1 Å². The largest absolute Gasteiger partial charge is 0.677 e. The molecule has 0 fully saturated rings. The van der Waals surface area contributed by atoms with Crippen LogP contribution in [0.1, 0.15) is 11.1 Å². The van der Waals surface area contributed by atoms with E-state index in [2.05, 4.69) is 12.1 Å². The fourth-order valence-electron chi connectivity index (χ4n) is 4.00. The third-order valence-electron chi connectivity index (χ3n) is 5.46. The van der Waals surface area contributed by atoms with Crippen LogP contribution in [-0.2, 0) is 41.7 Å². The number of halogens is 4. The Kier molecular flexibility index (Phi) is 15.7. The van der Waals surface area contributed by atoms with Crippen LogP contribution in [0.4, 0.5) is 22.7 Å². The average Bonchev–Trinajstić information content (AvgIpc) is 3.50. The van der Waals surface area contributed by atoms with Crippen LogP contribution in [0.15, 0.2) is 131 Å². The Balaban J connectivity index is 0.000000647. The Bertz CT molecular complexity index is 1360. The smallest absolute Gasteiger partial charge is 0.0780 e. The minimum absolute atomic E-state index is 0. The van der Waals surface area contributed by atoms with Crippen molar-refractivity contribution in [3.05, 3.63) is 157 Å². The first-order chi connectivity index (χ1) is 18.7. The molecule has 4 aromatic rings. The molecule has 6 rings (SSSR count). The molecular weight excluding hydrogens is 741 g/mol. The minimum atomic E-state index is -0.826. The van der Waals surface area contributed by atoms with Crippen LogP contribution < -0.4 is 0 Å². The molecule has 4 aromatic carbocycles. The Morgan fingerprint density at radius 2 is 0.800 bits per heavy atom. The van der Waals surface area contributed by atoms with Crippen LogP contribution >= 0.6 is 34.1 Å². The SMILES string of the molecule is [CH3-].[CH3-].[Cl][Zr+2][Cl].[Cl][Zr+2][Cl].c1ccc(N=C2C(=C3[N-]c4ccccc4[N-]3)C(=Nc3ccccc3)c3ccccc32)cc1. The normalized spacial score (nSPS) is 13.8. The number of nitrogens with zero attached hydrogens (tertiary/aromatic N) is 4. The van der Waals surface area contributed by atoms with Crippen LogP contribution in [0.3, 0.4) is 0 Å². The molecule has 0 spiro atoms. The second-order valence-electron chi connectivity index (χ2n) is 7.69. The summed E-state index contributed by atoms with van der Waals surface area (Å²) >= 11 is -1.65.